The molecule has 0 aromatic carbocycles. The number of pyridine rings is 1. The van der Waals surface area contributed by atoms with Gasteiger partial charge in [-0.3, -0.25) is 14.1 Å². The minimum absolute atomic E-state index is 0.000127. The summed E-state index contributed by atoms with van der Waals surface area (Å²) < 4.78 is 15.4. The van der Waals surface area contributed by atoms with Crippen LogP contribution in [0.4, 0.5) is 4.39 Å². The van der Waals surface area contributed by atoms with Gasteiger partial charge in [0, 0.05) is 32.4 Å². The largest absolute Gasteiger partial charge is 0.350 e. The zero-order valence-corrected chi connectivity index (χ0v) is 18.0. The molecule has 1 amide bonds. The van der Waals surface area contributed by atoms with Crippen LogP contribution in [0.1, 0.15) is 61.1 Å². The van der Waals surface area contributed by atoms with E-state index in [1.165, 1.54) is 38.5 Å². The van der Waals surface area contributed by atoms with Gasteiger partial charge in [0.25, 0.3) is 5.91 Å². The number of likely N-dealkylation sites (tertiary alicyclic amines) is 1. The lowest BCUT2D eigenvalue weighted by Gasteiger charge is -2.49. The van der Waals surface area contributed by atoms with E-state index in [9.17, 15) is 9.18 Å². The number of carbonyl (C=O) groups excluding carboxylic acids is 1. The lowest BCUT2D eigenvalue weighted by atomic mass is 9.55. The van der Waals surface area contributed by atoms with Crippen LogP contribution < -0.4 is 5.32 Å². The highest BCUT2D eigenvalue weighted by molar-refractivity contribution is 5.93. The molecule has 1 N–H and O–H groups in total. The number of carbonyl (C=O) groups is 1. The fourth-order valence-corrected chi connectivity index (χ4v) is 8.58. The summed E-state index contributed by atoms with van der Waals surface area (Å²) in [4.78, 5) is 20.0. The number of fused-ring (bicyclic) bond motifs is 3. The van der Waals surface area contributed by atoms with Crippen molar-refractivity contribution in [2.24, 2.45) is 28.6 Å². The quantitative estimate of drug-likeness (QED) is 0.797. The molecule has 7 rings (SSSR count). The maximum Gasteiger partial charge on any atom is 0.268 e. The topological polar surface area (TPSA) is 49.6 Å². The van der Waals surface area contributed by atoms with Crippen LogP contribution in [0.2, 0.25) is 0 Å². The molecule has 31 heavy (non-hydrogen) atoms. The number of nitrogens with zero attached hydrogens (tertiary/aromatic N) is 3. The molecule has 1 spiro atoms. The standard InChI is InChI=1S/C25H31FN4O/c26-19-4-5-29(11-19)12-20-13-30-21(2-1-3-22(30)28-20)23(31)27-15-24-8-16-6-17-7-18(10-24)25(17,9-16)14-24/h1-3,13,16-19H,4-12,14-15H2,(H,27,31). The monoisotopic (exact) mass is 422 g/mol. The summed E-state index contributed by atoms with van der Waals surface area (Å²) >= 11 is 0. The highest BCUT2D eigenvalue weighted by atomic mass is 19.1. The maximum absolute atomic E-state index is 13.5. The zero-order chi connectivity index (χ0) is 20.8. The Bertz CT molecular complexity index is 1060. The predicted octanol–water partition coefficient (Wildman–Crippen LogP) is 3.82. The van der Waals surface area contributed by atoms with Gasteiger partial charge in [0.1, 0.15) is 17.5 Å². The SMILES string of the molecule is O=C(NCC12CC3CC4CC(C1)C4(C3)C2)c1cccc2nc(CN3CCC(F)C3)cn12. The highest BCUT2D eigenvalue weighted by Crippen LogP contribution is 2.78. The minimum atomic E-state index is -0.728. The third-order valence-electron chi connectivity index (χ3n) is 9.59. The summed E-state index contributed by atoms with van der Waals surface area (Å²) in [5.74, 6) is 2.82. The molecule has 0 radical (unpaired) electrons. The van der Waals surface area contributed by atoms with E-state index in [2.05, 4.69) is 10.2 Å². The molecule has 3 heterocycles. The molecule has 5 nitrogen and oxygen atoms in total. The van der Waals surface area contributed by atoms with Gasteiger partial charge >= 0.3 is 0 Å². The van der Waals surface area contributed by atoms with Gasteiger partial charge in [0.2, 0.25) is 0 Å². The Hall–Kier alpha value is -1.95. The second-order valence-electron chi connectivity index (χ2n) is 11.4. The van der Waals surface area contributed by atoms with Crippen LogP contribution in [0.15, 0.2) is 24.4 Å². The molecule has 2 aromatic heterocycles. The molecule has 5 aliphatic rings. The average molecular weight is 423 g/mol. The maximum atomic E-state index is 13.5. The number of rotatable bonds is 5. The van der Waals surface area contributed by atoms with Gasteiger partial charge in [0.05, 0.1) is 5.69 Å². The van der Waals surface area contributed by atoms with Gasteiger partial charge in [-0.15, -0.1) is 0 Å². The van der Waals surface area contributed by atoms with Gasteiger partial charge in [-0.05, 0) is 85.7 Å². The van der Waals surface area contributed by atoms with E-state index in [1.807, 2.05) is 28.8 Å². The van der Waals surface area contributed by atoms with Crippen molar-refractivity contribution in [3.05, 3.63) is 35.8 Å². The van der Waals surface area contributed by atoms with Gasteiger partial charge in [-0.25, -0.2) is 9.37 Å². The minimum Gasteiger partial charge on any atom is -0.350 e. The number of amides is 1. The normalized spacial score (nSPS) is 40.4. The summed E-state index contributed by atoms with van der Waals surface area (Å²) in [5, 5.41) is 3.32. The number of hydrogen-bond acceptors (Lipinski definition) is 3. The number of hydrogen-bond donors (Lipinski definition) is 1. The van der Waals surface area contributed by atoms with E-state index in [0.717, 1.165) is 42.2 Å². The number of imidazole rings is 1. The van der Waals surface area contributed by atoms with Crippen LogP contribution in [-0.4, -0.2) is 46.0 Å². The first-order valence-electron chi connectivity index (χ1n) is 12.1. The number of halogens is 1. The molecule has 1 aliphatic heterocycles. The van der Waals surface area contributed by atoms with Gasteiger partial charge < -0.3 is 5.32 Å². The Morgan fingerprint density at radius 2 is 2.16 bits per heavy atom. The molecule has 6 heteroatoms. The molecule has 4 saturated carbocycles. The second kappa shape index (κ2) is 6.31. The summed E-state index contributed by atoms with van der Waals surface area (Å²) in [5.41, 5.74) is 3.32. The van der Waals surface area contributed by atoms with E-state index in [1.54, 1.807) is 0 Å². The summed E-state index contributed by atoms with van der Waals surface area (Å²) in [6, 6.07) is 5.73. The Morgan fingerprint density at radius 3 is 3.03 bits per heavy atom. The van der Waals surface area contributed by atoms with E-state index in [0.29, 0.717) is 36.0 Å². The van der Waals surface area contributed by atoms with E-state index in [4.69, 9.17) is 4.98 Å². The second-order valence-corrected chi connectivity index (χ2v) is 11.4. The van der Waals surface area contributed by atoms with Crippen molar-refractivity contribution < 1.29 is 9.18 Å². The van der Waals surface area contributed by atoms with Gasteiger partial charge in [0.15, 0.2) is 0 Å². The molecular formula is C25H31FN4O. The first-order valence-corrected chi connectivity index (χ1v) is 12.1. The number of alkyl halides is 1. The van der Waals surface area contributed by atoms with Gasteiger partial charge in [-0.1, -0.05) is 6.07 Å². The number of nitrogens with one attached hydrogen (secondary N) is 1. The zero-order valence-electron chi connectivity index (χ0n) is 18.0. The summed E-state index contributed by atoms with van der Waals surface area (Å²) in [6.07, 6.45) is 10.2. The lowest BCUT2D eigenvalue weighted by Crippen LogP contribution is -2.43. The third-order valence-corrected chi connectivity index (χ3v) is 9.59. The van der Waals surface area contributed by atoms with Crippen LogP contribution >= 0.6 is 0 Å². The fraction of sp³-hybridized carbons (Fsp3) is 0.680. The van der Waals surface area contributed by atoms with Crippen molar-refractivity contribution in [1.82, 2.24) is 19.6 Å². The molecule has 3 bridgehead atoms. The third kappa shape index (κ3) is 2.69. The molecule has 1 saturated heterocycles. The van der Waals surface area contributed by atoms with Crippen molar-refractivity contribution in [2.45, 2.75) is 57.7 Å². The lowest BCUT2D eigenvalue weighted by molar-refractivity contribution is -0.00254. The Balaban J connectivity index is 1.09. The summed E-state index contributed by atoms with van der Waals surface area (Å²) in [7, 11) is 0. The Morgan fingerprint density at radius 1 is 1.23 bits per heavy atom. The van der Waals surface area contributed by atoms with Gasteiger partial charge in [-0.2, -0.15) is 0 Å². The highest BCUT2D eigenvalue weighted by Gasteiger charge is 2.70. The van der Waals surface area contributed by atoms with Crippen molar-refractivity contribution in [3.63, 3.8) is 0 Å². The smallest absolute Gasteiger partial charge is 0.268 e. The van der Waals surface area contributed by atoms with Crippen molar-refractivity contribution in [1.29, 1.82) is 0 Å². The van der Waals surface area contributed by atoms with Crippen LogP contribution in [0, 0.1) is 28.6 Å². The molecule has 6 unspecified atom stereocenters. The van der Waals surface area contributed by atoms with Crippen molar-refractivity contribution in [2.75, 3.05) is 19.6 Å². The molecule has 164 valence electrons. The van der Waals surface area contributed by atoms with Crippen LogP contribution in [0.5, 0.6) is 0 Å². The molecule has 5 fully saturated rings. The molecular weight excluding hydrogens is 391 g/mol. The first kappa shape index (κ1) is 18.6. The van der Waals surface area contributed by atoms with Crippen LogP contribution in [-0.2, 0) is 6.54 Å². The first-order chi connectivity index (χ1) is 15.0. The molecule has 6 atom stereocenters. The van der Waals surface area contributed by atoms with E-state index < -0.39 is 6.17 Å². The number of aromatic nitrogens is 2. The van der Waals surface area contributed by atoms with Crippen LogP contribution in [0.25, 0.3) is 5.65 Å². The Labute approximate surface area is 182 Å². The van der Waals surface area contributed by atoms with Crippen molar-refractivity contribution in [3.8, 4) is 0 Å². The molecule has 4 aliphatic carbocycles. The fourth-order valence-electron chi connectivity index (χ4n) is 8.58. The van der Waals surface area contributed by atoms with E-state index >= 15 is 0 Å². The predicted molar refractivity (Wildman–Crippen MR) is 115 cm³/mol. The van der Waals surface area contributed by atoms with Crippen molar-refractivity contribution >= 4 is 11.6 Å². The molecule has 2 aromatic rings. The summed E-state index contributed by atoms with van der Waals surface area (Å²) in [6.45, 7) is 2.71. The average Bonchev–Trinajstić information content (AvgIpc) is 3.43. The van der Waals surface area contributed by atoms with Crippen LogP contribution in [0.3, 0.4) is 0 Å². The van der Waals surface area contributed by atoms with E-state index in [-0.39, 0.29) is 5.91 Å². The Kier molecular flexibility index (Phi) is 3.78.